The van der Waals surface area contributed by atoms with E-state index < -0.39 is 24.1 Å². The zero-order chi connectivity index (χ0) is 13.7. The number of rotatable bonds is 0. The Labute approximate surface area is 112 Å². The average molecular weight is 262 g/mol. The highest BCUT2D eigenvalue weighted by molar-refractivity contribution is 5.91. The second kappa shape index (κ2) is 4.32. The molecule has 0 aromatic carbocycles. The van der Waals surface area contributed by atoms with Crippen molar-refractivity contribution in [2.75, 3.05) is 0 Å². The number of carbonyl (C=O) groups excluding carboxylic acids is 1. The van der Waals surface area contributed by atoms with Gasteiger partial charge in [-0.15, -0.1) is 0 Å². The molecule has 102 valence electrons. The van der Waals surface area contributed by atoms with E-state index in [1.165, 1.54) is 0 Å². The summed E-state index contributed by atoms with van der Waals surface area (Å²) in [6.07, 6.45) is 0.413. The van der Waals surface area contributed by atoms with Gasteiger partial charge < -0.3 is 14.6 Å². The van der Waals surface area contributed by atoms with Crippen LogP contribution in [0, 0.1) is 5.92 Å². The highest BCUT2D eigenvalue weighted by atomic mass is 16.6. The molecule has 3 aliphatic rings. The van der Waals surface area contributed by atoms with Crippen LogP contribution >= 0.6 is 0 Å². The maximum absolute atomic E-state index is 11.7. The van der Waals surface area contributed by atoms with Gasteiger partial charge in [-0.1, -0.05) is 19.7 Å². The Morgan fingerprint density at radius 1 is 1.21 bits per heavy atom. The van der Waals surface area contributed by atoms with Gasteiger partial charge in [0, 0.05) is 12.0 Å². The summed E-state index contributed by atoms with van der Waals surface area (Å²) in [5.41, 5.74) is 2.11. The molecule has 0 spiro atoms. The number of hydrogen-bond acceptors (Lipinski definition) is 4. The first-order valence-electron chi connectivity index (χ1n) is 6.57. The number of hydrogen-bond donors (Lipinski definition) is 1. The largest absolute Gasteiger partial charge is 0.458 e. The molecule has 0 aliphatic carbocycles. The van der Waals surface area contributed by atoms with Gasteiger partial charge in [-0.3, -0.25) is 0 Å². The molecule has 0 saturated carbocycles. The first kappa shape index (κ1) is 12.6. The van der Waals surface area contributed by atoms with E-state index in [1.807, 2.05) is 0 Å². The van der Waals surface area contributed by atoms with E-state index in [9.17, 15) is 9.90 Å². The van der Waals surface area contributed by atoms with Gasteiger partial charge in [-0.25, -0.2) is 4.79 Å². The summed E-state index contributed by atoms with van der Waals surface area (Å²) in [6, 6.07) is 0. The minimum atomic E-state index is -0.827. The van der Waals surface area contributed by atoms with Gasteiger partial charge >= 0.3 is 5.97 Å². The Bertz CT molecular complexity index is 479. The molecule has 3 rings (SSSR count). The van der Waals surface area contributed by atoms with Crippen molar-refractivity contribution in [3.63, 3.8) is 0 Å². The molecule has 4 nitrogen and oxygen atoms in total. The van der Waals surface area contributed by atoms with Crippen molar-refractivity contribution < 1.29 is 19.4 Å². The molecule has 3 fully saturated rings. The van der Waals surface area contributed by atoms with E-state index in [0.29, 0.717) is 12.0 Å². The zero-order valence-corrected chi connectivity index (χ0v) is 10.8. The van der Waals surface area contributed by atoms with Gasteiger partial charge in [0.2, 0.25) is 0 Å². The Kier molecular flexibility index (Phi) is 2.87. The minimum absolute atomic E-state index is 0.0846. The van der Waals surface area contributed by atoms with Crippen LogP contribution in [0.1, 0.15) is 19.3 Å². The van der Waals surface area contributed by atoms with Crippen LogP contribution in [-0.4, -0.2) is 35.5 Å². The predicted octanol–water partition coefficient (Wildman–Crippen LogP) is 1.51. The molecule has 0 aromatic rings. The molecule has 3 heterocycles. The molecule has 4 heteroatoms. The van der Waals surface area contributed by atoms with Crippen molar-refractivity contribution in [1.29, 1.82) is 0 Å². The van der Waals surface area contributed by atoms with Crippen LogP contribution in [0.15, 0.2) is 36.5 Å². The maximum atomic E-state index is 11.7. The molecule has 3 saturated heterocycles. The first-order valence-corrected chi connectivity index (χ1v) is 6.57. The van der Waals surface area contributed by atoms with Gasteiger partial charge in [-0.05, 0) is 24.0 Å². The third kappa shape index (κ3) is 1.86. The van der Waals surface area contributed by atoms with Crippen LogP contribution in [0.3, 0.4) is 0 Å². The van der Waals surface area contributed by atoms with Crippen LogP contribution in [0.4, 0.5) is 0 Å². The molecular weight excluding hydrogens is 244 g/mol. The summed E-state index contributed by atoms with van der Waals surface area (Å²) >= 11 is 0. The highest BCUT2D eigenvalue weighted by Crippen LogP contribution is 2.42. The van der Waals surface area contributed by atoms with Gasteiger partial charge in [-0.2, -0.15) is 0 Å². The first-order chi connectivity index (χ1) is 8.99. The number of carbonyl (C=O) groups is 1. The highest BCUT2D eigenvalue weighted by Gasteiger charge is 2.49. The normalized spacial score (nSPS) is 42.5. The summed E-state index contributed by atoms with van der Waals surface area (Å²) in [4.78, 5) is 11.7. The standard InChI is InChI=1S/C15H18O4/c1-7-4-5-10-8(2)6-11-12(9(3)15(17)19-11)13(16)14(7)18-10/h10-14,16H,1-6H2. The lowest BCUT2D eigenvalue weighted by atomic mass is 9.78. The quantitative estimate of drug-likeness (QED) is 0.408. The fourth-order valence-electron chi connectivity index (χ4n) is 3.24. The molecule has 0 aromatic heterocycles. The molecule has 3 aliphatic heterocycles. The van der Waals surface area contributed by atoms with Gasteiger partial charge in [0.1, 0.15) is 12.2 Å². The second-order valence-corrected chi connectivity index (χ2v) is 5.59. The Morgan fingerprint density at radius 3 is 2.68 bits per heavy atom. The van der Waals surface area contributed by atoms with E-state index in [2.05, 4.69) is 19.7 Å². The number of aliphatic hydroxyl groups excluding tert-OH is 1. The van der Waals surface area contributed by atoms with E-state index in [1.54, 1.807) is 0 Å². The van der Waals surface area contributed by atoms with Gasteiger partial charge in [0.05, 0.1) is 18.1 Å². The third-order valence-electron chi connectivity index (χ3n) is 4.36. The van der Waals surface area contributed by atoms with Crippen molar-refractivity contribution in [1.82, 2.24) is 0 Å². The number of ether oxygens (including phenoxy) is 2. The van der Waals surface area contributed by atoms with Crippen molar-refractivity contribution >= 4 is 5.97 Å². The number of esters is 1. The van der Waals surface area contributed by atoms with E-state index in [0.717, 1.165) is 24.0 Å². The molecule has 5 atom stereocenters. The fraction of sp³-hybridized carbons (Fsp3) is 0.533. The molecule has 19 heavy (non-hydrogen) atoms. The lowest BCUT2D eigenvalue weighted by Crippen LogP contribution is -2.47. The summed E-state index contributed by atoms with van der Waals surface area (Å²) in [5.74, 6) is -0.853. The van der Waals surface area contributed by atoms with Crippen LogP contribution < -0.4 is 0 Å². The molecule has 0 amide bonds. The number of fused-ring (bicyclic) bond motifs is 3. The van der Waals surface area contributed by atoms with Crippen LogP contribution in [-0.2, 0) is 14.3 Å². The lowest BCUT2D eigenvalue weighted by molar-refractivity contribution is -0.142. The molecule has 5 unspecified atom stereocenters. The Balaban J connectivity index is 1.98. The fourth-order valence-corrected chi connectivity index (χ4v) is 3.24. The topological polar surface area (TPSA) is 55.8 Å². The van der Waals surface area contributed by atoms with E-state index >= 15 is 0 Å². The van der Waals surface area contributed by atoms with Crippen molar-refractivity contribution in [2.45, 2.75) is 43.7 Å². The van der Waals surface area contributed by atoms with E-state index in [4.69, 9.17) is 9.47 Å². The predicted molar refractivity (Wildman–Crippen MR) is 69.3 cm³/mol. The molecule has 0 radical (unpaired) electrons. The van der Waals surface area contributed by atoms with Crippen LogP contribution in [0.25, 0.3) is 0 Å². The van der Waals surface area contributed by atoms with Crippen LogP contribution in [0.2, 0.25) is 0 Å². The van der Waals surface area contributed by atoms with Crippen molar-refractivity contribution in [2.24, 2.45) is 5.92 Å². The number of aliphatic hydroxyl groups is 1. The SMILES string of the molecule is C=C1CC2OC(=O)C(=C)C2C(O)C2OC1CCC2=C. The van der Waals surface area contributed by atoms with E-state index in [-0.39, 0.29) is 12.2 Å². The van der Waals surface area contributed by atoms with Crippen molar-refractivity contribution in [3.05, 3.63) is 36.5 Å². The lowest BCUT2D eigenvalue weighted by Gasteiger charge is -2.41. The zero-order valence-electron chi connectivity index (χ0n) is 10.8. The molecule has 1 N–H and O–H groups in total. The van der Waals surface area contributed by atoms with Crippen molar-refractivity contribution in [3.8, 4) is 0 Å². The summed E-state index contributed by atoms with van der Waals surface area (Å²) in [7, 11) is 0. The maximum Gasteiger partial charge on any atom is 0.334 e. The smallest absolute Gasteiger partial charge is 0.334 e. The average Bonchev–Trinajstić information content (AvgIpc) is 2.63. The van der Waals surface area contributed by atoms with Crippen LogP contribution in [0.5, 0.6) is 0 Å². The second-order valence-electron chi connectivity index (χ2n) is 5.59. The Hall–Kier alpha value is -1.39. The Morgan fingerprint density at radius 2 is 1.95 bits per heavy atom. The van der Waals surface area contributed by atoms with Gasteiger partial charge in [0.15, 0.2) is 0 Å². The summed E-state index contributed by atoms with van der Waals surface area (Å²) in [6.45, 7) is 11.8. The van der Waals surface area contributed by atoms with Gasteiger partial charge in [0.25, 0.3) is 0 Å². The summed E-state index contributed by atoms with van der Waals surface area (Å²) in [5, 5.41) is 10.5. The monoisotopic (exact) mass is 262 g/mol. The molecule has 2 bridgehead atoms. The third-order valence-corrected chi connectivity index (χ3v) is 4.36. The molecular formula is C15H18O4. The summed E-state index contributed by atoms with van der Waals surface area (Å²) < 4.78 is 11.2. The minimum Gasteiger partial charge on any atom is -0.458 e.